The van der Waals surface area contributed by atoms with Crippen LogP contribution in [0.1, 0.15) is 27.7 Å². The van der Waals surface area contributed by atoms with E-state index in [1.807, 2.05) is 6.92 Å². The number of aromatic nitrogens is 1. The first-order valence-electron chi connectivity index (χ1n) is 12.2. The van der Waals surface area contributed by atoms with Crippen LogP contribution in [0.3, 0.4) is 0 Å². The van der Waals surface area contributed by atoms with E-state index in [0.29, 0.717) is 60.9 Å². The van der Waals surface area contributed by atoms with Crippen LogP contribution in [0.15, 0.2) is 58.9 Å². The van der Waals surface area contributed by atoms with Crippen LogP contribution in [0, 0.1) is 19.7 Å². The number of anilines is 1. The summed E-state index contributed by atoms with van der Waals surface area (Å²) < 4.78 is 48.7. The number of carbonyl (C=O) groups excluding carboxylic acids is 1. The maximum Gasteiger partial charge on any atom is 0.268 e. The summed E-state index contributed by atoms with van der Waals surface area (Å²) in [5, 5.41) is 4.46. The molecule has 39 heavy (non-hydrogen) atoms. The zero-order chi connectivity index (χ0) is 28.1. The van der Waals surface area contributed by atoms with Crippen LogP contribution in [0.4, 0.5) is 10.1 Å². The number of halogens is 1. The van der Waals surface area contributed by atoms with E-state index in [9.17, 15) is 22.4 Å². The summed E-state index contributed by atoms with van der Waals surface area (Å²) in [6.07, 6.45) is 3.21. The summed E-state index contributed by atoms with van der Waals surface area (Å²) in [5.41, 5.74) is 2.43. The summed E-state index contributed by atoms with van der Waals surface area (Å²) in [5.74, 6) is 0.182. The van der Waals surface area contributed by atoms with Crippen molar-refractivity contribution < 1.29 is 22.3 Å². The molecule has 0 saturated heterocycles. The highest BCUT2D eigenvalue weighted by Gasteiger charge is 2.26. The molecule has 202 valence electrons. The lowest BCUT2D eigenvalue weighted by atomic mass is 10.0. The van der Waals surface area contributed by atoms with Gasteiger partial charge in [0.15, 0.2) is 0 Å². The molecule has 0 radical (unpaired) electrons. The Bertz CT molecular complexity index is 1820. The zero-order valence-corrected chi connectivity index (χ0v) is 23.4. The van der Waals surface area contributed by atoms with Crippen LogP contribution in [0.25, 0.3) is 21.2 Å². The third-order valence-corrected chi connectivity index (χ3v) is 9.08. The van der Waals surface area contributed by atoms with Crippen molar-refractivity contribution in [3.63, 3.8) is 0 Å². The number of nitrogens with one attached hydrogen (secondary N) is 1. The molecule has 2 aromatic carbocycles. The Morgan fingerprint density at radius 3 is 2.49 bits per heavy atom. The summed E-state index contributed by atoms with van der Waals surface area (Å²) >= 11 is 1.10. The summed E-state index contributed by atoms with van der Waals surface area (Å²) in [6.45, 7) is 5.91. The minimum absolute atomic E-state index is 0.181. The Morgan fingerprint density at radius 2 is 1.85 bits per heavy atom. The molecule has 0 spiro atoms. The van der Waals surface area contributed by atoms with E-state index in [1.54, 1.807) is 57.4 Å². The molecule has 0 unspecified atom stereocenters. The fourth-order valence-corrected chi connectivity index (χ4v) is 6.89. The first kappa shape index (κ1) is 26.6. The summed E-state index contributed by atoms with van der Waals surface area (Å²) in [4.78, 5) is 26.0. The van der Waals surface area contributed by atoms with Gasteiger partial charge in [0.25, 0.3) is 21.5 Å². The van der Waals surface area contributed by atoms with E-state index in [4.69, 9.17) is 4.74 Å². The molecular formula is C28H26FN3O5S2. The van der Waals surface area contributed by atoms with Gasteiger partial charge in [-0.05, 0) is 68.3 Å². The Balaban J connectivity index is 1.76. The Hall–Kier alpha value is -3.96. The number of hydrogen-bond acceptors (Lipinski definition) is 6. The number of carbonyl (C=O) groups is 1. The average molecular weight is 568 g/mol. The number of ether oxygens (including phenoxy) is 1. The van der Waals surface area contributed by atoms with Gasteiger partial charge in [-0.25, -0.2) is 12.8 Å². The molecule has 1 N–H and O–H groups in total. The van der Waals surface area contributed by atoms with E-state index in [1.165, 1.54) is 21.0 Å². The Morgan fingerprint density at radius 1 is 1.13 bits per heavy atom. The second-order valence-corrected chi connectivity index (χ2v) is 12.1. The van der Waals surface area contributed by atoms with Crippen molar-refractivity contribution in [2.75, 3.05) is 17.4 Å². The van der Waals surface area contributed by atoms with Crippen molar-refractivity contribution in [1.82, 2.24) is 9.88 Å². The molecule has 3 heterocycles. The largest absolute Gasteiger partial charge is 0.456 e. The van der Waals surface area contributed by atoms with Crippen molar-refractivity contribution in [3.8, 4) is 22.6 Å². The van der Waals surface area contributed by atoms with Gasteiger partial charge < -0.3 is 14.6 Å². The predicted molar refractivity (Wildman–Crippen MR) is 152 cm³/mol. The van der Waals surface area contributed by atoms with Gasteiger partial charge in [0.2, 0.25) is 0 Å². The molecule has 0 bridgehead atoms. The quantitative estimate of drug-likeness (QED) is 0.344. The van der Waals surface area contributed by atoms with E-state index in [-0.39, 0.29) is 23.8 Å². The lowest BCUT2D eigenvalue weighted by Crippen LogP contribution is -2.24. The molecule has 8 nitrogen and oxygen atoms in total. The number of aryl methyl sites for hydroxylation is 3. The standard InChI is InChI=1S/C28H26FN3O5S2/c1-5-30-27(33)24-14-21-22(15-31(4)28(34)26(21)38-24)20-13-19(32-9-6-10-39(32,35)36)7-8-23(20)37-25-16(2)11-18(29)12-17(25)3/h6-8,10-15H,5,9H2,1-4H3,(H,30,33). The molecular weight excluding hydrogens is 541 g/mol. The van der Waals surface area contributed by atoms with Crippen LogP contribution in [0.2, 0.25) is 0 Å². The fourth-order valence-electron chi connectivity index (χ4n) is 4.64. The minimum Gasteiger partial charge on any atom is -0.456 e. The second-order valence-electron chi connectivity index (χ2n) is 9.27. The molecule has 4 aromatic rings. The highest BCUT2D eigenvalue weighted by molar-refractivity contribution is 7.95. The molecule has 0 fully saturated rings. The Labute approximate surface area is 229 Å². The van der Waals surface area contributed by atoms with Crippen LogP contribution >= 0.6 is 11.3 Å². The van der Waals surface area contributed by atoms with Gasteiger partial charge in [-0.3, -0.25) is 13.9 Å². The first-order chi connectivity index (χ1) is 18.5. The topological polar surface area (TPSA) is 97.7 Å². The van der Waals surface area contributed by atoms with Crippen molar-refractivity contribution >= 4 is 43.0 Å². The smallest absolute Gasteiger partial charge is 0.268 e. The van der Waals surface area contributed by atoms with Crippen molar-refractivity contribution in [1.29, 1.82) is 0 Å². The third kappa shape index (κ3) is 4.83. The molecule has 0 aliphatic carbocycles. The first-order valence-corrected chi connectivity index (χ1v) is 14.5. The molecule has 5 rings (SSSR count). The van der Waals surface area contributed by atoms with Crippen molar-refractivity contribution in [2.24, 2.45) is 7.05 Å². The number of fused-ring (bicyclic) bond motifs is 1. The van der Waals surface area contributed by atoms with Gasteiger partial charge in [-0.2, -0.15) is 0 Å². The molecule has 0 saturated carbocycles. The van der Waals surface area contributed by atoms with E-state index in [2.05, 4.69) is 5.32 Å². The van der Waals surface area contributed by atoms with E-state index >= 15 is 0 Å². The van der Waals surface area contributed by atoms with Crippen molar-refractivity contribution in [3.05, 3.63) is 86.3 Å². The van der Waals surface area contributed by atoms with Gasteiger partial charge in [0.1, 0.15) is 22.0 Å². The lowest BCUT2D eigenvalue weighted by molar-refractivity contribution is 0.0960. The highest BCUT2D eigenvalue weighted by atomic mass is 32.2. The Kier molecular flexibility index (Phi) is 6.81. The maximum absolute atomic E-state index is 14.0. The number of sulfonamides is 1. The summed E-state index contributed by atoms with van der Waals surface area (Å²) in [6, 6.07) is 9.41. The maximum atomic E-state index is 14.0. The molecule has 11 heteroatoms. The number of thiophene rings is 1. The highest BCUT2D eigenvalue weighted by Crippen LogP contribution is 2.42. The average Bonchev–Trinajstić information content (AvgIpc) is 3.47. The van der Waals surface area contributed by atoms with E-state index in [0.717, 1.165) is 16.7 Å². The number of benzene rings is 2. The van der Waals surface area contributed by atoms with Crippen LogP contribution < -0.4 is 19.9 Å². The number of hydrogen-bond donors (Lipinski definition) is 1. The monoisotopic (exact) mass is 567 g/mol. The summed E-state index contributed by atoms with van der Waals surface area (Å²) in [7, 11) is -2.02. The predicted octanol–water partition coefficient (Wildman–Crippen LogP) is 5.23. The molecule has 1 aliphatic heterocycles. The van der Waals surface area contributed by atoms with Crippen LogP contribution in [-0.4, -0.2) is 32.0 Å². The number of pyridine rings is 1. The molecule has 2 aromatic heterocycles. The van der Waals surface area contributed by atoms with Gasteiger partial charge in [0.05, 0.1) is 17.1 Å². The molecule has 0 atom stereocenters. The SMILES string of the molecule is CCNC(=O)c1cc2c(-c3cc(N4CC=CS4(=O)=O)ccc3Oc3c(C)cc(F)cc3C)cn(C)c(=O)c2s1. The van der Waals surface area contributed by atoms with Crippen LogP contribution in [0.5, 0.6) is 11.5 Å². The van der Waals surface area contributed by atoms with Gasteiger partial charge in [-0.1, -0.05) is 6.08 Å². The molecule has 1 aliphatic rings. The minimum atomic E-state index is -3.64. The number of nitrogens with zero attached hydrogens (tertiary/aromatic N) is 2. The molecule has 1 amide bonds. The van der Waals surface area contributed by atoms with E-state index < -0.39 is 10.0 Å². The zero-order valence-electron chi connectivity index (χ0n) is 21.7. The van der Waals surface area contributed by atoms with Gasteiger partial charge in [-0.15, -0.1) is 11.3 Å². The fraction of sp³-hybridized carbons (Fsp3) is 0.214. The van der Waals surface area contributed by atoms with Gasteiger partial charge in [0, 0.05) is 41.7 Å². The van der Waals surface area contributed by atoms with Crippen molar-refractivity contribution in [2.45, 2.75) is 20.8 Å². The normalized spacial score (nSPS) is 14.2. The second kappa shape index (κ2) is 9.97. The van der Waals surface area contributed by atoms with Gasteiger partial charge >= 0.3 is 0 Å². The number of rotatable bonds is 6. The lowest BCUT2D eigenvalue weighted by Gasteiger charge is -2.21. The van der Waals surface area contributed by atoms with Crippen LogP contribution in [-0.2, 0) is 17.1 Å². The third-order valence-electron chi connectivity index (χ3n) is 6.45. The number of amides is 1.